The molecule has 0 fully saturated rings. The first-order chi connectivity index (χ1) is 6.24. The quantitative estimate of drug-likeness (QED) is 0.674. The Bertz CT molecular complexity index is 240. The molecule has 0 aliphatic heterocycles. The van der Waals surface area contributed by atoms with Crippen LogP contribution in [0.1, 0.15) is 25.5 Å². The van der Waals surface area contributed by atoms with Gasteiger partial charge in [-0.3, -0.25) is 0 Å². The van der Waals surface area contributed by atoms with E-state index in [-0.39, 0.29) is 0 Å². The van der Waals surface area contributed by atoms with E-state index in [4.69, 9.17) is 0 Å². The van der Waals surface area contributed by atoms with Crippen LogP contribution in [0, 0.1) is 0 Å². The number of aryl methyl sites for hydroxylation is 1. The summed E-state index contributed by atoms with van der Waals surface area (Å²) in [6.45, 7) is 4.49. The van der Waals surface area contributed by atoms with E-state index in [0.29, 0.717) is 0 Å². The molecule has 1 rings (SSSR count). The van der Waals surface area contributed by atoms with E-state index >= 15 is 0 Å². The molecule has 0 saturated heterocycles. The number of hydrogen-bond donors (Lipinski definition) is 0. The van der Waals surface area contributed by atoms with Gasteiger partial charge >= 0.3 is 0 Å². The van der Waals surface area contributed by atoms with E-state index < -0.39 is 0 Å². The Morgan fingerprint density at radius 2 is 2.23 bits per heavy atom. The van der Waals surface area contributed by atoms with Gasteiger partial charge in [-0.15, -0.1) is 0 Å². The standard InChI is InChI=1S/C11H20N2/c1-4-5-8-12(2)10-11-7-6-9-13(11)3/h6-7,9H,4-5,8,10H2,1-3H3. The van der Waals surface area contributed by atoms with Crippen LogP contribution in [-0.4, -0.2) is 23.1 Å². The molecule has 0 spiro atoms. The summed E-state index contributed by atoms with van der Waals surface area (Å²) in [7, 11) is 4.28. The van der Waals surface area contributed by atoms with Crippen LogP contribution in [0.5, 0.6) is 0 Å². The maximum atomic E-state index is 2.37. The predicted octanol–water partition coefficient (Wildman–Crippen LogP) is 2.26. The van der Waals surface area contributed by atoms with E-state index in [0.717, 1.165) is 6.54 Å². The zero-order valence-corrected chi connectivity index (χ0v) is 8.95. The van der Waals surface area contributed by atoms with E-state index in [1.807, 2.05) is 0 Å². The van der Waals surface area contributed by atoms with Crippen molar-refractivity contribution in [2.24, 2.45) is 7.05 Å². The van der Waals surface area contributed by atoms with Gasteiger partial charge in [-0.2, -0.15) is 0 Å². The summed E-state index contributed by atoms with van der Waals surface area (Å²) in [6.07, 6.45) is 4.67. The molecule has 0 saturated carbocycles. The summed E-state index contributed by atoms with van der Waals surface area (Å²) in [4.78, 5) is 2.37. The maximum Gasteiger partial charge on any atom is 0.0383 e. The number of unbranched alkanes of at least 4 members (excludes halogenated alkanes) is 1. The Morgan fingerprint density at radius 3 is 2.77 bits per heavy atom. The van der Waals surface area contributed by atoms with Gasteiger partial charge in [-0.25, -0.2) is 0 Å². The van der Waals surface area contributed by atoms with Gasteiger partial charge in [0.2, 0.25) is 0 Å². The normalized spacial score (nSPS) is 11.1. The molecule has 2 nitrogen and oxygen atoms in total. The van der Waals surface area contributed by atoms with Crippen molar-refractivity contribution in [3.8, 4) is 0 Å². The topological polar surface area (TPSA) is 8.17 Å². The van der Waals surface area contributed by atoms with Crippen LogP contribution < -0.4 is 0 Å². The predicted molar refractivity (Wildman–Crippen MR) is 56.7 cm³/mol. The number of nitrogens with zero attached hydrogens (tertiary/aromatic N) is 2. The van der Waals surface area contributed by atoms with Crippen molar-refractivity contribution in [1.82, 2.24) is 9.47 Å². The van der Waals surface area contributed by atoms with Gasteiger partial charge in [0.15, 0.2) is 0 Å². The van der Waals surface area contributed by atoms with E-state index in [1.54, 1.807) is 0 Å². The summed E-state index contributed by atoms with van der Waals surface area (Å²) in [5, 5.41) is 0. The first kappa shape index (κ1) is 10.3. The summed E-state index contributed by atoms with van der Waals surface area (Å²) >= 11 is 0. The second kappa shape index (κ2) is 5.07. The Hall–Kier alpha value is -0.760. The zero-order valence-electron chi connectivity index (χ0n) is 8.95. The Kier molecular flexibility index (Phi) is 4.03. The molecule has 0 bridgehead atoms. The summed E-state index contributed by atoms with van der Waals surface area (Å²) in [5.41, 5.74) is 1.39. The average molecular weight is 180 g/mol. The molecule has 0 N–H and O–H groups in total. The van der Waals surface area contributed by atoms with Crippen molar-refractivity contribution in [3.63, 3.8) is 0 Å². The molecule has 1 heterocycles. The third kappa shape index (κ3) is 3.23. The Morgan fingerprint density at radius 1 is 1.46 bits per heavy atom. The van der Waals surface area contributed by atoms with Gasteiger partial charge in [-0.1, -0.05) is 13.3 Å². The molecule has 1 aromatic rings. The van der Waals surface area contributed by atoms with Crippen molar-refractivity contribution in [3.05, 3.63) is 24.0 Å². The van der Waals surface area contributed by atoms with Gasteiger partial charge < -0.3 is 9.47 Å². The van der Waals surface area contributed by atoms with Crippen molar-refractivity contribution in [2.45, 2.75) is 26.3 Å². The molecule has 74 valence electrons. The molecule has 0 aliphatic rings. The minimum atomic E-state index is 1.06. The summed E-state index contributed by atoms with van der Waals surface area (Å²) in [5.74, 6) is 0. The lowest BCUT2D eigenvalue weighted by molar-refractivity contribution is 0.313. The highest BCUT2D eigenvalue weighted by Gasteiger charge is 2.01. The molecule has 0 unspecified atom stereocenters. The number of rotatable bonds is 5. The molecular weight excluding hydrogens is 160 g/mol. The third-order valence-corrected chi connectivity index (χ3v) is 2.38. The zero-order chi connectivity index (χ0) is 9.68. The Balaban J connectivity index is 2.36. The molecule has 0 aliphatic carbocycles. The SMILES string of the molecule is CCCCN(C)Cc1cccn1C. The molecular formula is C11H20N2. The van der Waals surface area contributed by atoms with E-state index in [1.165, 1.54) is 25.1 Å². The van der Waals surface area contributed by atoms with E-state index in [9.17, 15) is 0 Å². The third-order valence-electron chi connectivity index (χ3n) is 2.38. The molecule has 0 amide bonds. The maximum absolute atomic E-state index is 2.37. The minimum Gasteiger partial charge on any atom is -0.353 e. The number of aromatic nitrogens is 1. The van der Waals surface area contributed by atoms with Crippen LogP contribution in [0.4, 0.5) is 0 Å². The lowest BCUT2D eigenvalue weighted by atomic mass is 10.3. The van der Waals surface area contributed by atoms with Crippen molar-refractivity contribution in [1.29, 1.82) is 0 Å². The minimum absolute atomic E-state index is 1.06. The van der Waals surface area contributed by atoms with Crippen LogP contribution in [-0.2, 0) is 13.6 Å². The summed E-state index contributed by atoms with van der Waals surface area (Å²) < 4.78 is 2.18. The van der Waals surface area contributed by atoms with Gasteiger partial charge in [0.1, 0.15) is 0 Å². The van der Waals surface area contributed by atoms with Crippen molar-refractivity contribution in [2.75, 3.05) is 13.6 Å². The number of hydrogen-bond acceptors (Lipinski definition) is 1. The molecule has 2 heteroatoms. The second-order valence-electron chi connectivity index (χ2n) is 3.70. The molecule has 1 aromatic heterocycles. The second-order valence-corrected chi connectivity index (χ2v) is 3.70. The van der Waals surface area contributed by atoms with E-state index in [2.05, 4.69) is 48.8 Å². The largest absolute Gasteiger partial charge is 0.353 e. The molecule has 13 heavy (non-hydrogen) atoms. The van der Waals surface area contributed by atoms with Crippen molar-refractivity contribution >= 4 is 0 Å². The average Bonchev–Trinajstić information content (AvgIpc) is 2.48. The Labute approximate surface area is 81.2 Å². The lowest BCUT2D eigenvalue weighted by Gasteiger charge is -2.16. The van der Waals surface area contributed by atoms with Gasteiger partial charge in [0, 0.05) is 25.5 Å². The monoisotopic (exact) mass is 180 g/mol. The van der Waals surface area contributed by atoms with Gasteiger partial charge in [-0.05, 0) is 32.1 Å². The highest BCUT2D eigenvalue weighted by molar-refractivity contribution is 5.05. The van der Waals surface area contributed by atoms with Gasteiger partial charge in [0.05, 0.1) is 0 Å². The van der Waals surface area contributed by atoms with Crippen LogP contribution in [0.15, 0.2) is 18.3 Å². The summed E-state index contributed by atoms with van der Waals surface area (Å²) in [6, 6.07) is 4.28. The lowest BCUT2D eigenvalue weighted by Crippen LogP contribution is -2.20. The first-order valence-electron chi connectivity index (χ1n) is 5.02. The van der Waals surface area contributed by atoms with Crippen LogP contribution >= 0.6 is 0 Å². The van der Waals surface area contributed by atoms with Gasteiger partial charge in [0.25, 0.3) is 0 Å². The van der Waals surface area contributed by atoms with Crippen LogP contribution in [0.25, 0.3) is 0 Å². The molecule has 0 atom stereocenters. The fraction of sp³-hybridized carbons (Fsp3) is 0.636. The highest BCUT2D eigenvalue weighted by atomic mass is 15.1. The first-order valence-corrected chi connectivity index (χ1v) is 5.02. The van der Waals surface area contributed by atoms with Crippen molar-refractivity contribution < 1.29 is 0 Å². The smallest absolute Gasteiger partial charge is 0.0383 e. The van der Waals surface area contributed by atoms with Crippen LogP contribution in [0.2, 0.25) is 0 Å². The molecule has 0 aromatic carbocycles. The fourth-order valence-corrected chi connectivity index (χ4v) is 1.44. The highest BCUT2D eigenvalue weighted by Crippen LogP contribution is 2.04. The fourth-order valence-electron chi connectivity index (χ4n) is 1.44. The molecule has 0 radical (unpaired) electrons. The van der Waals surface area contributed by atoms with Crippen LogP contribution in [0.3, 0.4) is 0 Å².